The predicted octanol–water partition coefficient (Wildman–Crippen LogP) is 0.518. The highest BCUT2D eigenvalue weighted by molar-refractivity contribution is 6.01. The summed E-state index contributed by atoms with van der Waals surface area (Å²) < 4.78 is 0. The second kappa shape index (κ2) is 4.60. The van der Waals surface area contributed by atoms with Crippen LogP contribution in [0.1, 0.15) is 10.6 Å². The van der Waals surface area contributed by atoms with Crippen LogP contribution in [0.4, 0.5) is 11.5 Å². The van der Waals surface area contributed by atoms with Crippen molar-refractivity contribution >= 4 is 17.4 Å². The number of nitrogens with zero attached hydrogens (tertiary/aromatic N) is 4. The van der Waals surface area contributed by atoms with Gasteiger partial charge in [-0.25, -0.2) is 9.97 Å². The van der Waals surface area contributed by atoms with Gasteiger partial charge in [-0.1, -0.05) is 0 Å². The standard InChI is InChI=1S/C10H12N6O/c1-16(2)8-4-3-7(5-11-8)14-10(17)9-12-6-13-15-9/h3-6H,1-2H3,(H,14,17)(H,12,13,15). The number of aromatic amines is 1. The fraction of sp³-hybridized carbons (Fsp3) is 0.200. The molecule has 0 aliphatic heterocycles. The molecule has 0 aliphatic carbocycles. The Morgan fingerprint density at radius 2 is 2.18 bits per heavy atom. The van der Waals surface area contributed by atoms with Crippen LogP contribution in [0.5, 0.6) is 0 Å². The highest BCUT2D eigenvalue weighted by Gasteiger charge is 2.08. The Bertz CT molecular complexity index is 490. The molecule has 2 aromatic rings. The molecule has 0 aromatic carbocycles. The quantitative estimate of drug-likeness (QED) is 0.805. The number of nitrogens with one attached hydrogen (secondary N) is 2. The van der Waals surface area contributed by atoms with Crippen molar-refractivity contribution in [2.45, 2.75) is 0 Å². The summed E-state index contributed by atoms with van der Waals surface area (Å²) in [6, 6.07) is 3.59. The van der Waals surface area contributed by atoms with E-state index >= 15 is 0 Å². The summed E-state index contributed by atoms with van der Waals surface area (Å²) in [5.41, 5.74) is 0.608. The number of anilines is 2. The number of carbonyl (C=O) groups excluding carboxylic acids is 1. The number of hydrogen-bond donors (Lipinski definition) is 2. The van der Waals surface area contributed by atoms with E-state index in [1.165, 1.54) is 6.33 Å². The van der Waals surface area contributed by atoms with Crippen LogP contribution in [0.2, 0.25) is 0 Å². The lowest BCUT2D eigenvalue weighted by atomic mass is 10.4. The van der Waals surface area contributed by atoms with E-state index in [2.05, 4.69) is 25.5 Å². The third-order valence-corrected chi connectivity index (χ3v) is 2.09. The predicted molar refractivity (Wildman–Crippen MR) is 62.9 cm³/mol. The first-order valence-corrected chi connectivity index (χ1v) is 4.97. The maximum Gasteiger partial charge on any atom is 0.293 e. The molecule has 0 saturated carbocycles. The van der Waals surface area contributed by atoms with E-state index in [-0.39, 0.29) is 11.7 Å². The molecule has 2 rings (SSSR count). The number of carbonyl (C=O) groups is 1. The monoisotopic (exact) mass is 232 g/mol. The van der Waals surface area contributed by atoms with E-state index in [4.69, 9.17) is 0 Å². The third kappa shape index (κ3) is 2.57. The van der Waals surface area contributed by atoms with Gasteiger partial charge in [-0.2, -0.15) is 5.10 Å². The van der Waals surface area contributed by atoms with Gasteiger partial charge < -0.3 is 10.2 Å². The van der Waals surface area contributed by atoms with E-state index < -0.39 is 0 Å². The average molecular weight is 232 g/mol. The summed E-state index contributed by atoms with van der Waals surface area (Å²) >= 11 is 0. The van der Waals surface area contributed by atoms with Crippen LogP contribution >= 0.6 is 0 Å². The van der Waals surface area contributed by atoms with Gasteiger partial charge in [0.2, 0.25) is 5.82 Å². The molecule has 2 aromatic heterocycles. The average Bonchev–Trinajstić information content (AvgIpc) is 2.83. The first kappa shape index (κ1) is 11.1. The molecule has 7 nitrogen and oxygen atoms in total. The maximum atomic E-state index is 11.6. The van der Waals surface area contributed by atoms with Gasteiger partial charge in [0.25, 0.3) is 5.91 Å². The molecule has 0 aliphatic rings. The molecule has 0 atom stereocenters. The van der Waals surface area contributed by atoms with E-state index in [9.17, 15) is 4.79 Å². The molecule has 0 fully saturated rings. The summed E-state index contributed by atoms with van der Waals surface area (Å²) in [6.45, 7) is 0. The molecule has 88 valence electrons. The largest absolute Gasteiger partial charge is 0.363 e. The van der Waals surface area contributed by atoms with Gasteiger partial charge in [0.05, 0.1) is 11.9 Å². The zero-order valence-electron chi connectivity index (χ0n) is 9.51. The zero-order valence-corrected chi connectivity index (χ0v) is 9.51. The Morgan fingerprint density at radius 3 is 2.71 bits per heavy atom. The van der Waals surface area contributed by atoms with Crippen molar-refractivity contribution in [3.63, 3.8) is 0 Å². The number of pyridine rings is 1. The van der Waals surface area contributed by atoms with Gasteiger partial charge in [-0.3, -0.25) is 9.89 Å². The van der Waals surface area contributed by atoms with Gasteiger partial charge in [-0.15, -0.1) is 0 Å². The summed E-state index contributed by atoms with van der Waals surface area (Å²) in [6.07, 6.45) is 2.87. The Kier molecular flexibility index (Phi) is 2.99. The van der Waals surface area contributed by atoms with Crippen LogP contribution in [0, 0.1) is 0 Å². The highest BCUT2D eigenvalue weighted by atomic mass is 16.2. The lowest BCUT2D eigenvalue weighted by molar-refractivity contribution is 0.101. The second-order valence-electron chi connectivity index (χ2n) is 3.59. The fourth-order valence-electron chi connectivity index (χ4n) is 1.23. The number of hydrogen-bond acceptors (Lipinski definition) is 5. The molecule has 0 unspecified atom stereocenters. The number of amides is 1. The molecular weight excluding hydrogens is 220 g/mol. The van der Waals surface area contributed by atoms with Crippen LogP contribution < -0.4 is 10.2 Å². The van der Waals surface area contributed by atoms with Crippen molar-refractivity contribution in [2.75, 3.05) is 24.3 Å². The molecule has 7 heteroatoms. The maximum absolute atomic E-state index is 11.6. The van der Waals surface area contributed by atoms with Crippen LogP contribution in [0.25, 0.3) is 0 Å². The number of H-pyrrole nitrogens is 1. The molecule has 1 amide bonds. The lowest BCUT2D eigenvalue weighted by Crippen LogP contribution is -2.15. The highest BCUT2D eigenvalue weighted by Crippen LogP contribution is 2.11. The summed E-state index contributed by atoms with van der Waals surface area (Å²) in [7, 11) is 3.80. The normalized spacial score (nSPS) is 10.0. The molecule has 2 heterocycles. The van der Waals surface area contributed by atoms with Crippen LogP contribution in [0.3, 0.4) is 0 Å². The van der Waals surface area contributed by atoms with Gasteiger partial charge in [0, 0.05) is 14.1 Å². The molecule has 0 radical (unpaired) electrons. The van der Waals surface area contributed by atoms with Crippen molar-refractivity contribution in [3.05, 3.63) is 30.5 Å². The van der Waals surface area contributed by atoms with Crippen molar-refractivity contribution in [1.29, 1.82) is 0 Å². The van der Waals surface area contributed by atoms with Crippen LogP contribution in [-0.4, -0.2) is 40.2 Å². The van der Waals surface area contributed by atoms with Crippen molar-refractivity contribution in [3.8, 4) is 0 Å². The Hall–Kier alpha value is -2.44. The smallest absolute Gasteiger partial charge is 0.293 e. The van der Waals surface area contributed by atoms with E-state index in [1.54, 1.807) is 12.3 Å². The molecule has 17 heavy (non-hydrogen) atoms. The molecular formula is C10H12N6O. The zero-order chi connectivity index (χ0) is 12.3. The lowest BCUT2D eigenvalue weighted by Gasteiger charge is -2.11. The summed E-state index contributed by atoms with van der Waals surface area (Å²) in [4.78, 5) is 21.4. The van der Waals surface area contributed by atoms with Crippen LogP contribution in [-0.2, 0) is 0 Å². The van der Waals surface area contributed by atoms with E-state index in [0.29, 0.717) is 5.69 Å². The number of rotatable bonds is 3. The Labute approximate surface area is 97.9 Å². The van der Waals surface area contributed by atoms with Crippen molar-refractivity contribution < 1.29 is 4.79 Å². The summed E-state index contributed by atoms with van der Waals surface area (Å²) in [5, 5.41) is 8.74. The SMILES string of the molecule is CN(C)c1ccc(NC(=O)c2ncn[nH]2)cn1. The summed E-state index contributed by atoms with van der Waals surface area (Å²) in [5.74, 6) is 0.645. The first-order valence-electron chi connectivity index (χ1n) is 4.97. The van der Waals surface area contributed by atoms with E-state index in [0.717, 1.165) is 5.82 Å². The van der Waals surface area contributed by atoms with Gasteiger partial charge in [-0.05, 0) is 12.1 Å². The van der Waals surface area contributed by atoms with Gasteiger partial charge in [0.1, 0.15) is 12.1 Å². The molecule has 0 spiro atoms. The van der Waals surface area contributed by atoms with E-state index in [1.807, 2.05) is 25.1 Å². The molecule has 2 N–H and O–H groups in total. The molecule has 0 bridgehead atoms. The Morgan fingerprint density at radius 1 is 1.35 bits per heavy atom. The minimum atomic E-state index is -0.345. The topological polar surface area (TPSA) is 86.8 Å². The van der Waals surface area contributed by atoms with Gasteiger partial charge in [0.15, 0.2) is 0 Å². The third-order valence-electron chi connectivity index (χ3n) is 2.09. The number of aromatic nitrogens is 4. The van der Waals surface area contributed by atoms with Crippen LogP contribution in [0.15, 0.2) is 24.7 Å². The minimum absolute atomic E-state index is 0.168. The Balaban J connectivity index is 2.07. The van der Waals surface area contributed by atoms with Gasteiger partial charge >= 0.3 is 0 Å². The fourth-order valence-corrected chi connectivity index (χ4v) is 1.23. The minimum Gasteiger partial charge on any atom is -0.363 e. The second-order valence-corrected chi connectivity index (χ2v) is 3.59. The first-order chi connectivity index (χ1) is 8.16. The van der Waals surface area contributed by atoms with Crippen molar-refractivity contribution in [1.82, 2.24) is 20.2 Å². The molecule has 0 saturated heterocycles. The van der Waals surface area contributed by atoms with Crippen molar-refractivity contribution in [2.24, 2.45) is 0 Å².